The second kappa shape index (κ2) is 6.16. The van der Waals surface area contributed by atoms with E-state index in [1.165, 1.54) is 18.2 Å². The highest BCUT2D eigenvalue weighted by Gasteiger charge is 2.33. The van der Waals surface area contributed by atoms with E-state index in [1.807, 2.05) is 0 Å². The van der Waals surface area contributed by atoms with Crippen molar-refractivity contribution in [3.05, 3.63) is 29.8 Å². The van der Waals surface area contributed by atoms with Crippen molar-refractivity contribution in [2.24, 2.45) is 0 Å². The molecule has 2 nitrogen and oxygen atoms in total. The second-order valence-corrected chi connectivity index (χ2v) is 3.22. The molecular formula is C12H12F3NO. The van der Waals surface area contributed by atoms with E-state index in [0.29, 0.717) is 13.1 Å². The van der Waals surface area contributed by atoms with E-state index in [1.54, 1.807) is 0 Å². The van der Waals surface area contributed by atoms with E-state index in [9.17, 15) is 13.2 Å². The molecule has 0 aliphatic heterocycles. The Hall–Kier alpha value is -1.67. The summed E-state index contributed by atoms with van der Waals surface area (Å²) in [6, 6.07) is 5.11. The van der Waals surface area contributed by atoms with E-state index in [0.717, 1.165) is 6.07 Å². The summed E-state index contributed by atoms with van der Waals surface area (Å²) in [5.74, 6) is 2.19. The monoisotopic (exact) mass is 243 g/mol. The van der Waals surface area contributed by atoms with Gasteiger partial charge in [-0.25, -0.2) is 0 Å². The summed E-state index contributed by atoms with van der Waals surface area (Å²) in [6.45, 7) is 0.898. The summed E-state index contributed by atoms with van der Waals surface area (Å²) in [6.07, 6.45) is 0.601. The maximum atomic E-state index is 12.6. The molecule has 0 aromatic heterocycles. The van der Waals surface area contributed by atoms with Gasteiger partial charge in [0, 0.05) is 6.54 Å². The molecule has 0 unspecified atom stereocenters. The van der Waals surface area contributed by atoms with Crippen LogP contribution in [0.4, 0.5) is 13.2 Å². The third-order valence-electron chi connectivity index (χ3n) is 1.96. The van der Waals surface area contributed by atoms with E-state index < -0.39 is 11.7 Å². The number of alkyl halides is 3. The van der Waals surface area contributed by atoms with Crippen molar-refractivity contribution in [2.75, 3.05) is 19.7 Å². The lowest BCUT2D eigenvalue weighted by Crippen LogP contribution is -2.21. The number of ether oxygens (including phenoxy) is 1. The Morgan fingerprint density at radius 2 is 2.00 bits per heavy atom. The molecular weight excluding hydrogens is 231 g/mol. The van der Waals surface area contributed by atoms with E-state index in [2.05, 4.69) is 11.2 Å². The highest BCUT2D eigenvalue weighted by atomic mass is 19.4. The van der Waals surface area contributed by atoms with Crippen molar-refractivity contribution in [2.45, 2.75) is 6.18 Å². The smallest absolute Gasteiger partial charge is 0.419 e. The first-order valence-corrected chi connectivity index (χ1v) is 4.99. The quantitative estimate of drug-likeness (QED) is 0.633. The molecule has 92 valence electrons. The first-order valence-electron chi connectivity index (χ1n) is 4.99. The van der Waals surface area contributed by atoms with E-state index in [-0.39, 0.29) is 12.4 Å². The number of para-hydroxylation sites is 1. The lowest BCUT2D eigenvalue weighted by atomic mass is 10.2. The van der Waals surface area contributed by atoms with Crippen molar-refractivity contribution in [1.82, 2.24) is 5.32 Å². The molecule has 0 heterocycles. The topological polar surface area (TPSA) is 21.3 Å². The van der Waals surface area contributed by atoms with Crippen LogP contribution in [-0.4, -0.2) is 19.7 Å². The number of nitrogens with one attached hydrogen (secondary N) is 1. The molecule has 0 atom stereocenters. The minimum atomic E-state index is -4.40. The zero-order valence-electron chi connectivity index (χ0n) is 9.05. The van der Waals surface area contributed by atoms with Gasteiger partial charge >= 0.3 is 6.18 Å². The van der Waals surface area contributed by atoms with Gasteiger partial charge in [0.1, 0.15) is 12.4 Å². The zero-order chi connectivity index (χ0) is 12.7. The third kappa shape index (κ3) is 4.37. The van der Waals surface area contributed by atoms with Gasteiger partial charge in [0.05, 0.1) is 12.1 Å². The van der Waals surface area contributed by atoms with Crippen molar-refractivity contribution in [3.63, 3.8) is 0 Å². The molecule has 1 aromatic rings. The van der Waals surface area contributed by atoms with Gasteiger partial charge in [-0.15, -0.1) is 6.42 Å². The maximum Gasteiger partial charge on any atom is 0.419 e. The maximum absolute atomic E-state index is 12.6. The first-order chi connectivity index (χ1) is 8.05. The summed E-state index contributed by atoms with van der Waals surface area (Å²) in [7, 11) is 0. The molecule has 1 aromatic carbocycles. The Bertz CT molecular complexity index is 395. The minimum absolute atomic E-state index is 0.134. The predicted molar refractivity (Wildman–Crippen MR) is 58.6 cm³/mol. The Morgan fingerprint density at radius 3 is 2.65 bits per heavy atom. The standard InChI is InChI=1S/C12H12F3NO/c1-2-7-16-8-9-17-11-6-4-3-5-10(11)12(13,14)15/h1,3-6,16H,7-9H2. The van der Waals surface area contributed by atoms with Gasteiger partial charge in [-0.3, -0.25) is 0 Å². The predicted octanol–water partition coefficient (Wildman–Crippen LogP) is 2.31. The molecule has 0 aliphatic rings. The van der Waals surface area contributed by atoms with Crippen LogP contribution in [-0.2, 0) is 6.18 Å². The summed E-state index contributed by atoms with van der Waals surface area (Å²) < 4.78 is 42.7. The molecule has 0 spiro atoms. The largest absolute Gasteiger partial charge is 0.492 e. The number of hydrogen-bond acceptors (Lipinski definition) is 2. The van der Waals surface area contributed by atoms with E-state index >= 15 is 0 Å². The van der Waals surface area contributed by atoms with Crippen LogP contribution in [0.25, 0.3) is 0 Å². The molecule has 0 radical (unpaired) electrons. The highest BCUT2D eigenvalue weighted by Crippen LogP contribution is 2.35. The molecule has 0 saturated heterocycles. The van der Waals surface area contributed by atoms with Crippen LogP contribution in [0.3, 0.4) is 0 Å². The average molecular weight is 243 g/mol. The van der Waals surface area contributed by atoms with Crippen LogP contribution in [0.2, 0.25) is 0 Å². The summed E-state index contributed by atoms with van der Waals surface area (Å²) in [5, 5.41) is 2.82. The van der Waals surface area contributed by atoms with Crippen molar-refractivity contribution >= 4 is 0 Å². The van der Waals surface area contributed by atoms with Gasteiger partial charge < -0.3 is 10.1 Å². The number of halogens is 3. The molecule has 17 heavy (non-hydrogen) atoms. The van der Waals surface area contributed by atoms with Crippen LogP contribution in [0.15, 0.2) is 24.3 Å². The van der Waals surface area contributed by atoms with E-state index in [4.69, 9.17) is 11.2 Å². The van der Waals surface area contributed by atoms with Crippen LogP contribution in [0, 0.1) is 12.3 Å². The number of terminal acetylenes is 1. The molecule has 0 bridgehead atoms. The van der Waals surface area contributed by atoms with Crippen LogP contribution >= 0.6 is 0 Å². The molecule has 0 fully saturated rings. The molecule has 0 aliphatic carbocycles. The summed E-state index contributed by atoms with van der Waals surface area (Å²) >= 11 is 0. The highest BCUT2D eigenvalue weighted by molar-refractivity contribution is 5.35. The van der Waals surface area contributed by atoms with Gasteiger partial charge in [-0.1, -0.05) is 18.1 Å². The van der Waals surface area contributed by atoms with Crippen LogP contribution in [0.5, 0.6) is 5.75 Å². The number of rotatable bonds is 5. The lowest BCUT2D eigenvalue weighted by molar-refractivity contribution is -0.138. The Labute approximate surface area is 97.8 Å². The summed E-state index contributed by atoms with van der Waals surface area (Å²) in [5.41, 5.74) is -0.767. The Balaban J connectivity index is 2.56. The summed E-state index contributed by atoms with van der Waals surface area (Å²) in [4.78, 5) is 0. The van der Waals surface area contributed by atoms with Crippen molar-refractivity contribution < 1.29 is 17.9 Å². The normalized spacial score (nSPS) is 10.9. The van der Waals surface area contributed by atoms with Gasteiger partial charge in [-0.05, 0) is 12.1 Å². The number of hydrogen-bond donors (Lipinski definition) is 1. The van der Waals surface area contributed by atoms with Gasteiger partial charge in [0.25, 0.3) is 0 Å². The van der Waals surface area contributed by atoms with Crippen LogP contribution < -0.4 is 10.1 Å². The fraction of sp³-hybridized carbons (Fsp3) is 0.333. The lowest BCUT2D eigenvalue weighted by Gasteiger charge is -2.13. The first kappa shape index (κ1) is 13.4. The van der Waals surface area contributed by atoms with Crippen molar-refractivity contribution in [3.8, 4) is 18.1 Å². The Kier molecular flexibility index (Phi) is 4.85. The molecule has 1 N–H and O–H groups in total. The molecule has 0 saturated carbocycles. The Morgan fingerprint density at radius 1 is 1.29 bits per heavy atom. The van der Waals surface area contributed by atoms with Gasteiger partial charge in [0.2, 0.25) is 0 Å². The SMILES string of the molecule is C#CCNCCOc1ccccc1C(F)(F)F. The zero-order valence-corrected chi connectivity index (χ0v) is 9.05. The second-order valence-electron chi connectivity index (χ2n) is 3.22. The van der Waals surface area contributed by atoms with Gasteiger partial charge in [0.15, 0.2) is 0 Å². The number of benzene rings is 1. The minimum Gasteiger partial charge on any atom is -0.492 e. The third-order valence-corrected chi connectivity index (χ3v) is 1.96. The average Bonchev–Trinajstić information content (AvgIpc) is 2.28. The van der Waals surface area contributed by atoms with Gasteiger partial charge in [-0.2, -0.15) is 13.2 Å². The fourth-order valence-electron chi connectivity index (χ4n) is 1.22. The molecule has 5 heteroatoms. The van der Waals surface area contributed by atoms with Crippen molar-refractivity contribution in [1.29, 1.82) is 0 Å². The molecule has 1 rings (SSSR count). The fourth-order valence-corrected chi connectivity index (χ4v) is 1.22. The molecule has 0 amide bonds. The van der Waals surface area contributed by atoms with Crippen LogP contribution in [0.1, 0.15) is 5.56 Å².